The van der Waals surface area contributed by atoms with E-state index in [1.165, 1.54) is 0 Å². The minimum atomic E-state index is -0.195. The molecule has 3 nitrogen and oxygen atoms in total. The molecule has 2 unspecified atom stereocenters. The molecule has 0 aliphatic carbocycles. The van der Waals surface area contributed by atoms with E-state index in [0.717, 1.165) is 5.56 Å². The third-order valence-corrected chi connectivity index (χ3v) is 3.79. The van der Waals surface area contributed by atoms with Gasteiger partial charge < -0.3 is 11.1 Å². The zero-order valence-corrected chi connectivity index (χ0v) is 12.1. The van der Waals surface area contributed by atoms with Crippen LogP contribution in [-0.2, 0) is 11.2 Å². The van der Waals surface area contributed by atoms with Crippen molar-refractivity contribution in [2.45, 2.75) is 26.3 Å². The monoisotopic (exact) mass is 288 g/mol. The van der Waals surface area contributed by atoms with Crippen LogP contribution < -0.4 is 11.1 Å². The van der Waals surface area contributed by atoms with E-state index in [1.54, 1.807) is 6.07 Å². The van der Waals surface area contributed by atoms with Crippen LogP contribution in [0.3, 0.4) is 0 Å². The van der Waals surface area contributed by atoms with Gasteiger partial charge in [-0.1, -0.05) is 42.3 Å². The third-order valence-electron chi connectivity index (χ3n) is 2.93. The fourth-order valence-electron chi connectivity index (χ4n) is 1.46. The number of benzene rings is 1. The summed E-state index contributed by atoms with van der Waals surface area (Å²) < 4.78 is 0. The zero-order valence-electron chi connectivity index (χ0n) is 10.5. The van der Waals surface area contributed by atoms with Crippen molar-refractivity contribution >= 4 is 29.1 Å². The Morgan fingerprint density at radius 1 is 1.39 bits per heavy atom. The van der Waals surface area contributed by atoms with Crippen LogP contribution in [-0.4, -0.2) is 18.5 Å². The number of halogens is 2. The van der Waals surface area contributed by atoms with E-state index in [-0.39, 0.29) is 17.9 Å². The van der Waals surface area contributed by atoms with E-state index in [9.17, 15) is 4.79 Å². The van der Waals surface area contributed by atoms with Crippen molar-refractivity contribution in [1.82, 2.24) is 5.32 Å². The normalized spacial score (nSPS) is 14.1. The molecule has 0 saturated carbocycles. The number of nitrogens with two attached hydrogens (primary N) is 1. The molecule has 0 aliphatic heterocycles. The van der Waals surface area contributed by atoms with Crippen molar-refractivity contribution < 1.29 is 4.79 Å². The molecule has 1 aromatic rings. The van der Waals surface area contributed by atoms with Gasteiger partial charge in [-0.05, 0) is 25.0 Å². The maximum atomic E-state index is 11.7. The van der Waals surface area contributed by atoms with Gasteiger partial charge in [0, 0.05) is 18.5 Å². The molecule has 0 spiro atoms. The third kappa shape index (κ3) is 4.16. The Morgan fingerprint density at radius 2 is 2.06 bits per heavy atom. The number of hydrogen-bond donors (Lipinski definition) is 2. The second-order valence-corrected chi connectivity index (χ2v) is 5.19. The van der Waals surface area contributed by atoms with Crippen molar-refractivity contribution in [3.8, 4) is 0 Å². The first-order valence-electron chi connectivity index (χ1n) is 5.89. The standard InChI is InChI=1S/C13H18Cl2N2O/c1-8(9(2)16)13(18)17-7-6-10-4-3-5-11(14)12(10)15/h3-5,8-9H,6-7,16H2,1-2H3,(H,17,18). The number of carbonyl (C=O) groups excluding carboxylic acids is 1. The first-order valence-corrected chi connectivity index (χ1v) is 6.65. The van der Waals surface area contributed by atoms with Crippen molar-refractivity contribution in [3.05, 3.63) is 33.8 Å². The summed E-state index contributed by atoms with van der Waals surface area (Å²) in [6.07, 6.45) is 0.650. The van der Waals surface area contributed by atoms with Gasteiger partial charge in [0.15, 0.2) is 0 Å². The molecule has 100 valence electrons. The predicted octanol–water partition coefficient (Wildman–Crippen LogP) is 2.64. The van der Waals surface area contributed by atoms with Crippen molar-refractivity contribution in [2.24, 2.45) is 11.7 Å². The van der Waals surface area contributed by atoms with Crippen LogP contribution in [0, 0.1) is 5.92 Å². The van der Waals surface area contributed by atoms with Gasteiger partial charge in [0.1, 0.15) is 0 Å². The molecular formula is C13H18Cl2N2O. The quantitative estimate of drug-likeness (QED) is 0.875. The molecule has 0 fully saturated rings. The number of hydrogen-bond acceptors (Lipinski definition) is 2. The first kappa shape index (κ1) is 15.3. The summed E-state index contributed by atoms with van der Waals surface area (Å²) in [5.74, 6) is -0.233. The highest BCUT2D eigenvalue weighted by Gasteiger charge is 2.16. The zero-order chi connectivity index (χ0) is 13.7. The lowest BCUT2D eigenvalue weighted by Gasteiger charge is -2.15. The summed E-state index contributed by atoms with van der Waals surface area (Å²) >= 11 is 12.0. The highest BCUT2D eigenvalue weighted by Crippen LogP contribution is 2.25. The Balaban J connectivity index is 2.47. The smallest absolute Gasteiger partial charge is 0.224 e. The Morgan fingerprint density at radius 3 is 2.67 bits per heavy atom. The molecule has 0 radical (unpaired) electrons. The molecule has 0 heterocycles. The van der Waals surface area contributed by atoms with Gasteiger partial charge in [0.25, 0.3) is 0 Å². The van der Waals surface area contributed by atoms with Gasteiger partial charge in [0.05, 0.1) is 10.0 Å². The maximum absolute atomic E-state index is 11.7. The van der Waals surface area contributed by atoms with Crippen molar-refractivity contribution in [2.75, 3.05) is 6.54 Å². The van der Waals surface area contributed by atoms with Crippen LogP contribution in [0.1, 0.15) is 19.4 Å². The number of amides is 1. The summed E-state index contributed by atoms with van der Waals surface area (Å²) in [4.78, 5) is 11.7. The van der Waals surface area contributed by atoms with Crippen LogP contribution >= 0.6 is 23.2 Å². The Labute approximate surface area is 118 Å². The second-order valence-electron chi connectivity index (χ2n) is 4.40. The molecule has 5 heteroatoms. The van der Waals surface area contributed by atoms with Crippen LogP contribution in [0.25, 0.3) is 0 Å². The van der Waals surface area contributed by atoms with Gasteiger partial charge in [-0.15, -0.1) is 0 Å². The Kier molecular flexibility index (Phi) is 5.93. The fraction of sp³-hybridized carbons (Fsp3) is 0.462. The van der Waals surface area contributed by atoms with E-state index < -0.39 is 0 Å². The second kappa shape index (κ2) is 6.98. The van der Waals surface area contributed by atoms with E-state index in [1.807, 2.05) is 26.0 Å². The number of nitrogens with one attached hydrogen (secondary N) is 1. The molecule has 18 heavy (non-hydrogen) atoms. The molecule has 0 aliphatic rings. The molecule has 0 bridgehead atoms. The van der Waals surface area contributed by atoms with Crippen molar-refractivity contribution in [1.29, 1.82) is 0 Å². The lowest BCUT2D eigenvalue weighted by Crippen LogP contribution is -2.39. The lowest BCUT2D eigenvalue weighted by molar-refractivity contribution is -0.124. The molecule has 1 aromatic carbocycles. The fourth-order valence-corrected chi connectivity index (χ4v) is 1.88. The molecule has 2 atom stereocenters. The average molecular weight is 289 g/mol. The topological polar surface area (TPSA) is 55.1 Å². The molecule has 3 N–H and O–H groups in total. The lowest BCUT2D eigenvalue weighted by atomic mass is 10.0. The van der Waals surface area contributed by atoms with E-state index in [2.05, 4.69) is 5.32 Å². The average Bonchev–Trinajstić information content (AvgIpc) is 2.33. The van der Waals surface area contributed by atoms with E-state index in [4.69, 9.17) is 28.9 Å². The molecule has 1 rings (SSSR count). The SMILES string of the molecule is CC(N)C(C)C(=O)NCCc1cccc(Cl)c1Cl. The number of rotatable bonds is 5. The van der Waals surface area contributed by atoms with Crippen LogP contribution in [0.4, 0.5) is 0 Å². The van der Waals surface area contributed by atoms with Gasteiger partial charge in [-0.25, -0.2) is 0 Å². The van der Waals surface area contributed by atoms with Gasteiger partial charge >= 0.3 is 0 Å². The Hall–Kier alpha value is -0.770. The number of carbonyl (C=O) groups is 1. The highest BCUT2D eigenvalue weighted by atomic mass is 35.5. The summed E-state index contributed by atoms with van der Waals surface area (Å²) in [5, 5.41) is 3.92. The van der Waals surface area contributed by atoms with Crippen LogP contribution in [0.5, 0.6) is 0 Å². The molecule has 0 saturated heterocycles. The van der Waals surface area contributed by atoms with E-state index in [0.29, 0.717) is 23.0 Å². The predicted molar refractivity (Wildman–Crippen MR) is 76.0 cm³/mol. The summed E-state index contributed by atoms with van der Waals surface area (Å²) in [7, 11) is 0. The van der Waals surface area contributed by atoms with E-state index >= 15 is 0 Å². The summed E-state index contributed by atoms with van der Waals surface area (Å²) in [6.45, 7) is 4.15. The minimum absolute atomic E-state index is 0.0387. The Bertz CT molecular complexity index is 421. The highest BCUT2D eigenvalue weighted by molar-refractivity contribution is 6.42. The minimum Gasteiger partial charge on any atom is -0.355 e. The maximum Gasteiger partial charge on any atom is 0.224 e. The largest absolute Gasteiger partial charge is 0.355 e. The summed E-state index contributed by atoms with van der Waals surface area (Å²) in [6, 6.07) is 5.33. The van der Waals surface area contributed by atoms with Crippen LogP contribution in [0.2, 0.25) is 10.0 Å². The summed E-state index contributed by atoms with van der Waals surface area (Å²) in [5.41, 5.74) is 6.59. The molecule has 0 aromatic heterocycles. The molecule has 1 amide bonds. The molecular weight excluding hydrogens is 271 g/mol. The van der Waals surface area contributed by atoms with Crippen LogP contribution in [0.15, 0.2) is 18.2 Å². The van der Waals surface area contributed by atoms with Gasteiger partial charge in [-0.2, -0.15) is 0 Å². The first-order chi connectivity index (χ1) is 8.43. The van der Waals surface area contributed by atoms with Crippen molar-refractivity contribution in [3.63, 3.8) is 0 Å². The van der Waals surface area contributed by atoms with Gasteiger partial charge in [-0.3, -0.25) is 4.79 Å². The van der Waals surface area contributed by atoms with Gasteiger partial charge in [0.2, 0.25) is 5.91 Å².